The van der Waals surface area contributed by atoms with Gasteiger partial charge in [-0.1, -0.05) is 13.3 Å². The Morgan fingerprint density at radius 1 is 1.33 bits per heavy atom. The van der Waals surface area contributed by atoms with Crippen LogP contribution in [0.25, 0.3) is 0 Å². The zero-order chi connectivity index (χ0) is 12.7. The molecule has 5 nitrogen and oxygen atoms in total. The third kappa shape index (κ3) is 1.65. The molecule has 0 bridgehead atoms. The molecular formula is C13H17N3O2. The Hall–Kier alpha value is -1.65. The third-order valence-corrected chi connectivity index (χ3v) is 4.29. The molecule has 96 valence electrons. The standard InChI is InChI=1S/C13H17N3O2/c1-2-8-3-10-11(4-8)13(18)16(12(10)17)6-9-5-14-7-15-9/h5,7-8,10-11H,2-4,6H2,1H3,(H,14,15). The van der Waals surface area contributed by atoms with Gasteiger partial charge in [0, 0.05) is 6.20 Å². The van der Waals surface area contributed by atoms with Crippen LogP contribution < -0.4 is 0 Å². The molecule has 0 radical (unpaired) electrons. The Labute approximate surface area is 106 Å². The van der Waals surface area contributed by atoms with Crippen LogP contribution >= 0.6 is 0 Å². The lowest BCUT2D eigenvalue weighted by molar-refractivity contribution is -0.141. The molecular weight excluding hydrogens is 230 g/mol. The summed E-state index contributed by atoms with van der Waals surface area (Å²) >= 11 is 0. The van der Waals surface area contributed by atoms with Gasteiger partial charge in [0.25, 0.3) is 0 Å². The quantitative estimate of drug-likeness (QED) is 0.819. The van der Waals surface area contributed by atoms with Crippen LogP contribution in [0.2, 0.25) is 0 Å². The number of hydrogen-bond donors (Lipinski definition) is 1. The Balaban J connectivity index is 1.76. The Morgan fingerprint density at radius 3 is 2.50 bits per heavy atom. The molecule has 2 unspecified atom stereocenters. The van der Waals surface area contributed by atoms with E-state index in [1.54, 1.807) is 12.5 Å². The number of fused-ring (bicyclic) bond motifs is 1. The number of nitrogens with one attached hydrogen (secondary N) is 1. The van der Waals surface area contributed by atoms with Crippen LogP contribution in [0.5, 0.6) is 0 Å². The van der Waals surface area contributed by atoms with Crippen LogP contribution in [0.15, 0.2) is 12.5 Å². The number of imidazole rings is 1. The van der Waals surface area contributed by atoms with Gasteiger partial charge in [-0.05, 0) is 18.8 Å². The molecule has 2 atom stereocenters. The summed E-state index contributed by atoms with van der Waals surface area (Å²) in [4.78, 5) is 32.7. The first-order valence-electron chi connectivity index (χ1n) is 6.53. The van der Waals surface area contributed by atoms with Gasteiger partial charge in [0.2, 0.25) is 11.8 Å². The van der Waals surface area contributed by atoms with E-state index >= 15 is 0 Å². The number of nitrogens with zero attached hydrogens (tertiary/aromatic N) is 2. The Kier molecular flexibility index (Phi) is 2.69. The van der Waals surface area contributed by atoms with Crippen molar-refractivity contribution >= 4 is 11.8 Å². The first-order chi connectivity index (χ1) is 8.70. The third-order valence-electron chi connectivity index (χ3n) is 4.29. The van der Waals surface area contributed by atoms with Gasteiger partial charge in [-0.25, -0.2) is 4.98 Å². The summed E-state index contributed by atoms with van der Waals surface area (Å²) in [5.41, 5.74) is 0.809. The summed E-state index contributed by atoms with van der Waals surface area (Å²) in [6.45, 7) is 2.46. The fraction of sp³-hybridized carbons (Fsp3) is 0.615. The van der Waals surface area contributed by atoms with Gasteiger partial charge in [-0.15, -0.1) is 0 Å². The Bertz CT molecular complexity index is 445. The van der Waals surface area contributed by atoms with Gasteiger partial charge in [-0.3, -0.25) is 14.5 Å². The molecule has 2 amide bonds. The van der Waals surface area contributed by atoms with E-state index in [0.29, 0.717) is 12.5 Å². The van der Waals surface area contributed by atoms with Crippen molar-refractivity contribution < 1.29 is 9.59 Å². The summed E-state index contributed by atoms with van der Waals surface area (Å²) < 4.78 is 0. The number of carbonyl (C=O) groups is 2. The average Bonchev–Trinajstić information content (AvgIpc) is 3.06. The van der Waals surface area contributed by atoms with Crippen LogP contribution in [-0.4, -0.2) is 26.7 Å². The molecule has 2 heterocycles. The number of imide groups is 1. The zero-order valence-corrected chi connectivity index (χ0v) is 10.4. The zero-order valence-electron chi connectivity index (χ0n) is 10.4. The first kappa shape index (κ1) is 11.4. The maximum Gasteiger partial charge on any atom is 0.233 e. The van der Waals surface area contributed by atoms with Crippen molar-refractivity contribution in [3.63, 3.8) is 0 Å². The van der Waals surface area contributed by atoms with Crippen molar-refractivity contribution in [2.24, 2.45) is 17.8 Å². The molecule has 0 spiro atoms. The molecule has 1 aromatic heterocycles. The molecule has 1 aromatic rings. The van der Waals surface area contributed by atoms with Crippen molar-refractivity contribution in [3.05, 3.63) is 18.2 Å². The highest BCUT2D eigenvalue weighted by Gasteiger charge is 2.52. The number of amides is 2. The van der Waals surface area contributed by atoms with E-state index in [9.17, 15) is 9.59 Å². The largest absolute Gasteiger partial charge is 0.347 e. The average molecular weight is 247 g/mol. The molecule has 1 aliphatic carbocycles. The molecule has 1 aliphatic heterocycles. The molecule has 0 aromatic carbocycles. The van der Waals surface area contributed by atoms with Crippen LogP contribution in [0, 0.1) is 17.8 Å². The van der Waals surface area contributed by atoms with Gasteiger partial charge < -0.3 is 4.98 Å². The van der Waals surface area contributed by atoms with Crippen molar-refractivity contribution in [3.8, 4) is 0 Å². The van der Waals surface area contributed by atoms with E-state index in [2.05, 4.69) is 16.9 Å². The van der Waals surface area contributed by atoms with Crippen LogP contribution in [0.1, 0.15) is 31.9 Å². The van der Waals surface area contributed by atoms with Crippen LogP contribution in [0.4, 0.5) is 0 Å². The SMILES string of the molecule is CCC1CC2C(=O)N(Cc3cnc[nH]3)C(=O)C2C1. The molecule has 2 fully saturated rings. The molecule has 1 saturated carbocycles. The number of H-pyrrole nitrogens is 1. The lowest BCUT2D eigenvalue weighted by Crippen LogP contribution is -2.31. The van der Waals surface area contributed by atoms with E-state index in [1.165, 1.54) is 4.90 Å². The fourth-order valence-corrected chi connectivity index (χ4v) is 3.23. The molecule has 1 saturated heterocycles. The number of hydrogen-bond acceptors (Lipinski definition) is 3. The topological polar surface area (TPSA) is 66.1 Å². The summed E-state index contributed by atoms with van der Waals surface area (Å²) in [7, 11) is 0. The summed E-state index contributed by atoms with van der Waals surface area (Å²) in [6, 6.07) is 0. The van der Waals surface area contributed by atoms with Gasteiger partial charge in [0.1, 0.15) is 0 Å². The maximum atomic E-state index is 12.3. The van der Waals surface area contributed by atoms with E-state index in [4.69, 9.17) is 0 Å². The first-order valence-corrected chi connectivity index (χ1v) is 6.53. The number of carbonyl (C=O) groups excluding carboxylic acids is 2. The predicted molar refractivity (Wildman–Crippen MR) is 64.1 cm³/mol. The van der Waals surface area contributed by atoms with E-state index < -0.39 is 0 Å². The van der Waals surface area contributed by atoms with Crippen molar-refractivity contribution in [1.29, 1.82) is 0 Å². The van der Waals surface area contributed by atoms with Crippen LogP contribution in [0.3, 0.4) is 0 Å². The lowest BCUT2D eigenvalue weighted by Gasteiger charge is -2.16. The minimum absolute atomic E-state index is 0.00977. The van der Waals surface area contributed by atoms with Crippen LogP contribution in [-0.2, 0) is 16.1 Å². The summed E-state index contributed by atoms with van der Waals surface area (Å²) in [5.74, 6) is 0.434. The second-order valence-corrected chi connectivity index (χ2v) is 5.30. The van der Waals surface area contributed by atoms with Crippen molar-refractivity contribution in [2.45, 2.75) is 32.7 Å². The monoisotopic (exact) mass is 247 g/mol. The highest BCUT2D eigenvalue weighted by atomic mass is 16.2. The summed E-state index contributed by atoms with van der Waals surface area (Å²) in [5, 5.41) is 0. The lowest BCUT2D eigenvalue weighted by atomic mass is 10.00. The maximum absolute atomic E-state index is 12.3. The smallest absolute Gasteiger partial charge is 0.233 e. The number of aromatic nitrogens is 2. The summed E-state index contributed by atoms with van der Waals surface area (Å²) in [6.07, 6.45) is 6.04. The minimum Gasteiger partial charge on any atom is -0.347 e. The highest BCUT2D eigenvalue weighted by molar-refractivity contribution is 6.05. The van der Waals surface area contributed by atoms with E-state index in [1.807, 2.05) is 0 Å². The fourth-order valence-electron chi connectivity index (χ4n) is 3.23. The van der Waals surface area contributed by atoms with Gasteiger partial charge in [0.05, 0.1) is 30.4 Å². The van der Waals surface area contributed by atoms with Gasteiger partial charge >= 0.3 is 0 Å². The Morgan fingerprint density at radius 2 is 2.00 bits per heavy atom. The highest BCUT2D eigenvalue weighted by Crippen LogP contribution is 2.44. The van der Waals surface area contributed by atoms with E-state index in [0.717, 1.165) is 25.0 Å². The minimum atomic E-state index is -0.0645. The van der Waals surface area contributed by atoms with Crippen molar-refractivity contribution in [1.82, 2.24) is 14.9 Å². The van der Waals surface area contributed by atoms with Gasteiger partial charge in [-0.2, -0.15) is 0 Å². The number of rotatable bonds is 3. The molecule has 18 heavy (non-hydrogen) atoms. The second-order valence-electron chi connectivity index (χ2n) is 5.30. The van der Waals surface area contributed by atoms with E-state index in [-0.39, 0.29) is 23.7 Å². The molecule has 3 rings (SSSR count). The molecule has 1 N–H and O–H groups in total. The van der Waals surface area contributed by atoms with Crippen molar-refractivity contribution in [2.75, 3.05) is 0 Å². The normalized spacial score (nSPS) is 31.2. The number of likely N-dealkylation sites (tertiary alicyclic amines) is 1. The van der Waals surface area contributed by atoms with Gasteiger partial charge in [0.15, 0.2) is 0 Å². The predicted octanol–water partition coefficient (Wildman–Crippen LogP) is 1.33. The second kappa shape index (κ2) is 4.23. The molecule has 2 aliphatic rings. The number of aromatic amines is 1. The molecule has 5 heteroatoms.